The van der Waals surface area contributed by atoms with Crippen LogP contribution in [0.25, 0.3) is 0 Å². The number of hydrogen-bond acceptors (Lipinski definition) is 12. The zero-order chi connectivity index (χ0) is 26.4. The van der Waals surface area contributed by atoms with E-state index in [1.165, 1.54) is 6.92 Å². The molecule has 0 spiro atoms. The number of Topliss-reactive ketones (excluding diaryl/α,β-unsaturated/α-hetero) is 3. The third-order valence-electron chi connectivity index (χ3n) is 4.34. The normalized spacial score (nSPS) is 11.0. The molecule has 0 atom stereocenters. The molecule has 1 aromatic heterocycles. The van der Waals surface area contributed by atoms with Crippen molar-refractivity contribution in [3.8, 4) is 11.7 Å². The van der Waals surface area contributed by atoms with Crippen molar-refractivity contribution in [1.29, 1.82) is 0 Å². The summed E-state index contributed by atoms with van der Waals surface area (Å²) in [6, 6.07) is 3.05. The first-order valence-electron chi connectivity index (χ1n) is 9.48. The number of amides is 2. The van der Waals surface area contributed by atoms with Crippen LogP contribution in [0.4, 0.5) is 5.69 Å². The van der Waals surface area contributed by atoms with Gasteiger partial charge in [0.05, 0.1) is 25.6 Å². The predicted octanol–water partition coefficient (Wildman–Crippen LogP) is 0.115. The Kier molecular flexibility index (Phi) is 8.31. The van der Waals surface area contributed by atoms with Crippen molar-refractivity contribution in [3.63, 3.8) is 0 Å². The Labute approximate surface area is 196 Å². The lowest BCUT2D eigenvalue weighted by Gasteiger charge is -2.09. The standard InChI is InChI=1S/C21H19N3O11/c1-8(13-17(28)14(9(2)25)21(32)35-20(13)31)22-12-6-10(15(26)18(29)23-33-3)5-11(7-12)16(27)19(30)24-34-4/h5-7,28,32H,1-4H3,(H,23,29)(H,24,30). The Morgan fingerprint density at radius 1 is 0.857 bits per heavy atom. The molecule has 4 N–H and O–H groups in total. The lowest BCUT2D eigenvalue weighted by atomic mass is 10.0. The average Bonchev–Trinajstić information content (AvgIpc) is 2.77. The zero-order valence-corrected chi connectivity index (χ0v) is 18.7. The lowest BCUT2D eigenvalue weighted by molar-refractivity contribution is -0.127. The quantitative estimate of drug-likeness (QED) is 0.161. The largest absolute Gasteiger partial charge is 0.506 e. The Morgan fingerprint density at radius 3 is 1.77 bits per heavy atom. The Bertz CT molecular complexity index is 1280. The summed E-state index contributed by atoms with van der Waals surface area (Å²) in [5.74, 6) is -7.53. The van der Waals surface area contributed by atoms with Crippen molar-refractivity contribution >= 4 is 40.6 Å². The number of ketones is 3. The van der Waals surface area contributed by atoms with Gasteiger partial charge in [-0.05, 0) is 32.0 Å². The van der Waals surface area contributed by atoms with Crippen molar-refractivity contribution in [3.05, 3.63) is 50.9 Å². The van der Waals surface area contributed by atoms with Crippen molar-refractivity contribution in [2.24, 2.45) is 4.99 Å². The number of hydrogen-bond donors (Lipinski definition) is 4. The van der Waals surface area contributed by atoms with Gasteiger partial charge in [0.15, 0.2) is 5.78 Å². The summed E-state index contributed by atoms with van der Waals surface area (Å²) >= 11 is 0. The van der Waals surface area contributed by atoms with Crippen LogP contribution in [0, 0.1) is 0 Å². The summed E-state index contributed by atoms with van der Waals surface area (Å²) in [6.07, 6.45) is 0. The molecule has 0 radical (unpaired) electrons. The van der Waals surface area contributed by atoms with Gasteiger partial charge < -0.3 is 14.6 Å². The SMILES string of the molecule is CONC(=O)C(=O)c1cc(N=C(C)c2c(O)c(C(C)=O)c(O)oc2=O)cc(C(=O)C(=O)NOC)c1. The Morgan fingerprint density at radius 2 is 1.34 bits per heavy atom. The van der Waals surface area contributed by atoms with E-state index >= 15 is 0 Å². The molecule has 2 aromatic rings. The molecule has 0 unspecified atom stereocenters. The first kappa shape index (κ1) is 26.6. The molecule has 35 heavy (non-hydrogen) atoms. The van der Waals surface area contributed by atoms with Gasteiger partial charge in [-0.15, -0.1) is 0 Å². The first-order chi connectivity index (χ1) is 16.4. The van der Waals surface area contributed by atoms with E-state index in [0.29, 0.717) is 0 Å². The maximum atomic E-state index is 12.4. The minimum absolute atomic E-state index is 0.205. The molecule has 14 nitrogen and oxygen atoms in total. The maximum Gasteiger partial charge on any atom is 0.351 e. The second-order valence-electron chi connectivity index (χ2n) is 6.74. The molecule has 0 fully saturated rings. The Hall–Kier alpha value is -4.69. The van der Waals surface area contributed by atoms with Gasteiger partial charge in [-0.1, -0.05) is 0 Å². The van der Waals surface area contributed by atoms with Crippen LogP contribution in [0.5, 0.6) is 11.7 Å². The maximum absolute atomic E-state index is 12.4. The van der Waals surface area contributed by atoms with Gasteiger partial charge in [-0.25, -0.2) is 15.8 Å². The second-order valence-corrected chi connectivity index (χ2v) is 6.74. The minimum Gasteiger partial charge on any atom is -0.506 e. The number of hydroxylamine groups is 2. The van der Waals surface area contributed by atoms with Crippen LogP contribution in [0.3, 0.4) is 0 Å². The van der Waals surface area contributed by atoms with Crippen LogP contribution < -0.4 is 16.6 Å². The number of carbonyl (C=O) groups is 5. The van der Waals surface area contributed by atoms with E-state index in [9.17, 15) is 39.0 Å². The molecule has 184 valence electrons. The monoisotopic (exact) mass is 489 g/mol. The highest BCUT2D eigenvalue weighted by Gasteiger charge is 2.25. The molecular formula is C21H19N3O11. The van der Waals surface area contributed by atoms with Crippen LogP contribution in [0.1, 0.15) is 50.5 Å². The fourth-order valence-electron chi connectivity index (χ4n) is 2.88. The highest BCUT2D eigenvalue weighted by Crippen LogP contribution is 2.30. The molecular weight excluding hydrogens is 470 g/mol. The molecule has 0 saturated heterocycles. The number of aromatic hydroxyl groups is 2. The molecule has 0 aliphatic rings. The molecule has 0 bridgehead atoms. The molecule has 1 aromatic carbocycles. The highest BCUT2D eigenvalue weighted by atomic mass is 16.6. The van der Waals surface area contributed by atoms with Crippen molar-refractivity contribution < 1.29 is 48.3 Å². The predicted molar refractivity (Wildman–Crippen MR) is 116 cm³/mol. The van der Waals surface area contributed by atoms with Gasteiger partial charge in [0.1, 0.15) is 16.9 Å². The number of rotatable bonds is 9. The second kappa shape index (κ2) is 11.0. The number of nitrogens with zero attached hydrogens (tertiary/aromatic N) is 1. The number of carbonyl (C=O) groups excluding carboxylic acids is 5. The zero-order valence-electron chi connectivity index (χ0n) is 18.7. The van der Waals surface area contributed by atoms with E-state index < -0.39 is 57.6 Å². The third-order valence-corrected chi connectivity index (χ3v) is 4.34. The average molecular weight is 489 g/mol. The molecule has 2 rings (SSSR count). The van der Waals surface area contributed by atoms with E-state index in [-0.39, 0.29) is 22.5 Å². The molecule has 0 saturated carbocycles. The van der Waals surface area contributed by atoms with Crippen molar-refractivity contribution in [1.82, 2.24) is 11.0 Å². The fraction of sp³-hybridized carbons (Fsp3) is 0.190. The van der Waals surface area contributed by atoms with Crippen LogP contribution >= 0.6 is 0 Å². The number of aliphatic imine (C=N–C) groups is 1. The topological polar surface area (TPSA) is 211 Å². The van der Waals surface area contributed by atoms with Gasteiger partial charge in [-0.2, -0.15) is 0 Å². The molecule has 14 heteroatoms. The molecule has 0 aliphatic heterocycles. The van der Waals surface area contributed by atoms with E-state index in [1.54, 1.807) is 0 Å². The van der Waals surface area contributed by atoms with Gasteiger partial charge in [0.25, 0.3) is 17.5 Å². The molecule has 2 amide bonds. The van der Waals surface area contributed by atoms with E-state index in [1.807, 2.05) is 11.0 Å². The summed E-state index contributed by atoms with van der Waals surface area (Å²) < 4.78 is 4.58. The van der Waals surface area contributed by atoms with Crippen molar-refractivity contribution in [2.75, 3.05) is 14.2 Å². The lowest BCUT2D eigenvalue weighted by Crippen LogP contribution is -2.31. The van der Waals surface area contributed by atoms with E-state index in [2.05, 4.69) is 19.1 Å². The number of benzene rings is 1. The van der Waals surface area contributed by atoms with Crippen molar-refractivity contribution in [2.45, 2.75) is 13.8 Å². The highest BCUT2D eigenvalue weighted by molar-refractivity contribution is 6.45. The van der Waals surface area contributed by atoms with Crippen LogP contribution in [-0.4, -0.2) is 59.3 Å². The summed E-state index contributed by atoms with van der Waals surface area (Å²) in [7, 11) is 2.18. The van der Waals surface area contributed by atoms with Crippen LogP contribution in [-0.2, 0) is 19.3 Å². The van der Waals surface area contributed by atoms with Crippen LogP contribution in [0.15, 0.2) is 32.4 Å². The fourth-order valence-corrected chi connectivity index (χ4v) is 2.88. The summed E-state index contributed by atoms with van der Waals surface area (Å²) in [5.41, 5.74) is -0.110. The van der Waals surface area contributed by atoms with E-state index in [0.717, 1.165) is 39.3 Å². The summed E-state index contributed by atoms with van der Waals surface area (Å²) in [6.45, 7) is 2.23. The van der Waals surface area contributed by atoms with Crippen LogP contribution in [0.2, 0.25) is 0 Å². The van der Waals surface area contributed by atoms with Gasteiger partial charge in [0.2, 0.25) is 0 Å². The smallest absolute Gasteiger partial charge is 0.351 e. The summed E-state index contributed by atoms with van der Waals surface area (Å²) in [4.78, 5) is 85.4. The first-order valence-corrected chi connectivity index (χ1v) is 9.48. The van der Waals surface area contributed by atoms with Gasteiger partial charge in [0, 0.05) is 11.1 Å². The third kappa shape index (κ3) is 5.82. The molecule has 1 heterocycles. The Balaban J connectivity index is 2.72. The number of nitrogens with one attached hydrogen (secondary N) is 2. The molecule has 0 aliphatic carbocycles. The van der Waals surface area contributed by atoms with E-state index in [4.69, 9.17) is 0 Å². The van der Waals surface area contributed by atoms with Gasteiger partial charge in [-0.3, -0.25) is 38.6 Å². The summed E-state index contributed by atoms with van der Waals surface area (Å²) in [5, 5.41) is 20.0. The minimum atomic E-state index is -1.24. The van der Waals surface area contributed by atoms with Gasteiger partial charge >= 0.3 is 17.4 Å².